The van der Waals surface area contributed by atoms with Crippen molar-refractivity contribution in [2.75, 3.05) is 31.6 Å². The van der Waals surface area contributed by atoms with Crippen molar-refractivity contribution in [3.05, 3.63) is 23.2 Å². The van der Waals surface area contributed by atoms with Gasteiger partial charge in [-0.2, -0.15) is 0 Å². The van der Waals surface area contributed by atoms with Gasteiger partial charge in [0.05, 0.1) is 18.7 Å². The van der Waals surface area contributed by atoms with E-state index in [2.05, 4.69) is 5.32 Å². The molecule has 1 aliphatic heterocycles. The lowest BCUT2D eigenvalue weighted by molar-refractivity contribution is -0.118. The molecule has 0 aliphatic carbocycles. The smallest absolute Gasteiger partial charge is 0.240 e. The number of carbonyl (C=O) groups excluding carboxylic acids is 1. The van der Waals surface area contributed by atoms with E-state index in [4.69, 9.17) is 16.3 Å². The molecule has 1 amide bonds. The van der Waals surface area contributed by atoms with Crippen LogP contribution in [0, 0.1) is 0 Å². The number of hydrogen-bond donors (Lipinski definition) is 1. The number of ether oxygens (including phenoxy) is 1. The lowest BCUT2D eigenvalue weighted by atomic mass is 10.2. The maximum atomic E-state index is 12.0. The molecule has 0 bridgehead atoms. The van der Waals surface area contributed by atoms with Gasteiger partial charge in [-0.25, -0.2) is 0 Å². The summed E-state index contributed by atoms with van der Waals surface area (Å²) in [4.78, 5) is 13.8. The van der Waals surface area contributed by atoms with Gasteiger partial charge in [-0.3, -0.25) is 4.79 Å². The molecule has 0 spiro atoms. The highest BCUT2D eigenvalue weighted by Crippen LogP contribution is 2.29. The number of hydrogen-bond acceptors (Lipinski definition) is 3. The highest BCUT2D eigenvalue weighted by molar-refractivity contribution is 6.32. The van der Waals surface area contributed by atoms with Gasteiger partial charge in [-0.15, -0.1) is 0 Å². The summed E-state index contributed by atoms with van der Waals surface area (Å²) in [5.74, 6) is 0.703. The first-order valence-electron chi connectivity index (χ1n) is 6.07. The molecular weight excluding hydrogens is 252 g/mol. The van der Waals surface area contributed by atoms with E-state index in [1.807, 2.05) is 6.07 Å². The summed E-state index contributed by atoms with van der Waals surface area (Å²) < 4.78 is 5.11. The number of benzene rings is 1. The predicted octanol–water partition coefficient (Wildman–Crippen LogP) is 2.06. The zero-order chi connectivity index (χ0) is 13.0. The lowest BCUT2D eigenvalue weighted by Crippen LogP contribution is -2.41. The molecule has 4 nitrogen and oxygen atoms in total. The first-order valence-corrected chi connectivity index (χ1v) is 6.45. The van der Waals surface area contributed by atoms with Crippen LogP contribution in [0.5, 0.6) is 5.75 Å². The molecule has 0 radical (unpaired) electrons. The van der Waals surface area contributed by atoms with Gasteiger partial charge in [0.25, 0.3) is 0 Å². The van der Waals surface area contributed by atoms with E-state index in [-0.39, 0.29) is 5.91 Å². The van der Waals surface area contributed by atoms with Crippen LogP contribution in [0.4, 0.5) is 5.69 Å². The number of nitrogens with one attached hydrogen (secondary N) is 1. The third kappa shape index (κ3) is 2.94. The van der Waals surface area contributed by atoms with E-state index in [0.29, 0.717) is 17.3 Å². The first-order chi connectivity index (χ1) is 8.72. The van der Waals surface area contributed by atoms with Gasteiger partial charge in [0.2, 0.25) is 5.91 Å². The lowest BCUT2D eigenvalue weighted by Gasteiger charge is -2.25. The Morgan fingerprint density at radius 3 is 2.94 bits per heavy atom. The molecule has 2 rings (SSSR count). The highest BCUT2D eigenvalue weighted by atomic mass is 35.5. The van der Waals surface area contributed by atoms with Crippen molar-refractivity contribution >= 4 is 23.2 Å². The molecule has 1 heterocycles. The Bertz CT molecular complexity index is 437. The molecule has 0 saturated carbocycles. The van der Waals surface area contributed by atoms with Crippen LogP contribution in [-0.4, -0.2) is 32.7 Å². The van der Waals surface area contributed by atoms with Gasteiger partial charge in [0.1, 0.15) is 5.75 Å². The van der Waals surface area contributed by atoms with Crippen LogP contribution in [0.2, 0.25) is 5.02 Å². The van der Waals surface area contributed by atoms with Gasteiger partial charge in [0, 0.05) is 12.2 Å². The minimum absolute atomic E-state index is 0.0796. The number of carbonyl (C=O) groups is 1. The number of nitrogens with zero attached hydrogens (tertiary/aromatic N) is 1. The van der Waals surface area contributed by atoms with Crippen LogP contribution in [0.15, 0.2) is 18.2 Å². The summed E-state index contributed by atoms with van der Waals surface area (Å²) in [6, 6.07) is 5.43. The Hall–Kier alpha value is -1.26. The molecule has 1 aliphatic rings. The first kappa shape index (κ1) is 13.2. The fourth-order valence-electron chi connectivity index (χ4n) is 2.03. The monoisotopic (exact) mass is 268 g/mol. The topological polar surface area (TPSA) is 41.6 Å². The van der Waals surface area contributed by atoms with Crippen LogP contribution in [0.3, 0.4) is 0 Å². The number of halogens is 1. The molecule has 18 heavy (non-hydrogen) atoms. The van der Waals surface area contributed by atoms with E-state index in [9.17, 15) is 4.79 Å². The fourth-order valence-corrected chi connectivity index (χ4v) is 2.28. The zero-order valence-electron chi connectivity index (χ0n) is 10.4. The van der Waals surface area contributed by atoms with Crippen molar-refractivity contribution < 1.29 is 9.53 Å². The van der Waals surface area contributed by atoms with E-state index < -0.39 is 0 Å². The van der Waals surface area contributed by atoms with Gasteiger partial charge < -0.3 is 15.0 Å². The fraction of sp³-hybridized carbons (Fsp3) is 0.462. The Morgan fingerprint density at radius 1 is 1.39 bits per heavy atom. The minimum atomic E-state index is 0.0796. The standard InChI is InChI=1S/C13H17ClN2O2/c1-18-12-5-4-10(8-11(12)14)16-7-3-2-6-15-9-13(16)17/h4-5,8,15H,2-3,6-7,9H2,1H3. The molecule has 1 saturated heterocycles. The van der Waals surface area contributed by atoms with Gasteiger partial charge in [-0.1, -0.05) is 11.6 Å². The quantitative estimate of drug-likeness (QED) is 0.893. The molecule has 0 atom stereocenters. The van der Waals surface area contributed by atoms with Crippen molar-refractivity contribution in [1.29, 1.82) is 0 Å². The summed E-state index contributed by atoms with van der Waals surface area (Å²) in [5, 5.41) is 3.65. The van der Waals surface area contributed by atoms with Crippen molar-refractivity contribution in [2.45, 2.75) is 12.8 Å². The third-order valence-electron chi connectivity index (χ3n) is 3.01. The van der Waals surface area contributed by atoms with E-state index >= 15 is 0 Å². The second kappa shape index (κ2) is 6.07. The van der Waals surface area contributed by atoms with Crippen molar-refractivity contribution in [1.82, 2.24) is 5.32 Å². The third-order valence-corrected chi connectivity index (χ3v) is 3.30. The number of methoxy groups -OCH3 is 1. The summed E-state index contributed by atoms with van der Waals surface area (Å²) in [6.45, 7) is 2.02. The molecule has 0 unspecified atom stereocenters. The predicted molar refractivity (Wildman–Crippen MR) is 72.5 cm³/mol. The number of rotatable bonds is 2. The Labute approximate surface area is 112 Å². The molecule has 1 N–H and O–H groups in total. The summed E-state index contributed by atoms with van der Waals surface area (Å²) in [7, 11) is 1.58. The van der Waals surface area contributed by atoms with Crippen LogP contribution >= 0.6 is 11.6 Å². The van der Waals surface area contributed by atoms with Crippen LogP contribution in [-0.2, 0) is 4.79 Å². The van der Waals surface area contributed by atoms with Crippen molar-refractivity contribution in [3.63, 3.8) is 0 Å². The largest absolute Gasteiger partial charge is 0.495 e. The summed E-state index contributed by atoms with van der Waals surface area (Å²) in [5.41, 5.74) is 0.828. The number of anilines is 1. The molecule has 5 heteroatoms. The van der Waals surface area contributed by atoms with E-state index in [1.165, 1.54) is 0 Å². The molecule has 0 aromatic heterocycles. The molecule has 1 aromatic carbocycles. The Morgan fingerprint density at radius 2 is 2.22 bits per heavy atom. The maximum Gasteiger partial charge on any atom is 0.240 e. The SMILES string of the molecule is COc1ccc(N2CCCCNCC2=O)cc1Cl. The molecule has 1 fully saturated rings. The Kier molecular flexibility index (Phi) is 4.44. The van der Waals surface area contributed by atoms with E-state index in [0.717, 1.165) is 31.6 Å². The zero-order valence-corrected chi connectivity index (χ0v) is 11.2. The summed E-state index contributed by atoms with van der Waals surface area (Å²) in [6.07, 6.45) is 2.07. The van der Waals surface area contributed by atoms with Gasteiger partial charge in [-0.05, 0) is 37.6 Å². The molecule has 1 aromatic rings. The average Bonchev–Trinajstić information content (AvgIpc) is 2.34. The van der Waals surface area contributed by atoms with Gasteiger partial charge in [0.15, 0.2) is 0 Å². The highest BCUT2D eigenvalue weighted by Gasteiger charge is 2.17. The average molecular weight is 269 g/mol. The summed E-state index contributed by atoms with van der Waals surface area (Å²) >= 11 is 6.09. The van der Waals surface area contributed by atoms with Crippen LogP contribution < -0.4 is 15.0 Å². The van der Waals surface area contributed by atoms with E-state index in [1.54, 1.807) is 24.1 Å². The van der Waals surface area contributed by atoms with Gasteiger partial charge >= 0.3 is 0 Å². The minimum Gasteiger partial charge on any atom is -0.495 e. The van der Waals surface area contributed by atoms with Crippen molar-refractivity contribution in [2.24, 2.45) is 0 Å². The maximum absolute atomic E-state index is 12.0. The normalized spacial score (nSPS) is 17.2. The van der Waals surface area contributed by atoms with Crippen LogP contribution in [0.25, 0.3) is 0 Å². The second-order valence-electron chi connectivity index (χ2n) is 4.25. The van der Waals surface area contributed by atoms with Crippen LogP contribution in [0.1, 0.15) is 12.8 Å². The molecule has 98 valence electrons. The van der Waals surface area contributed by atoms with Crippen molar-refractivity contribution in [3.8, 4) is 5.75 Å². The number of amides is 1. The molecular formula is C13H17ClN2O2. The Balaban J connectivity index is 2.22. The second-order valence-corrected chi connectivity index (χ2v) is 4.66.